The Bertz CT molecular complexity index is 464. The first-order valence-electron chi connectivity index (χ1n) is 6.50. The molecular formula is C15H23Cl2N3. The van der Waals surface area contributed by atoms with Crippen molar-refractivity contribution in [3.05, 3.63) is 33.8 Å². The zero-order valence-corrected chi connectivity index (χ0v) is 14.5. The van der Waals surface area contributed by atoms with Crippen LogP contribution in [-0.2, 0) is 5.41 Å². The molecule has 0 amide bonds. The molecule has 0 unspecified atom stereocenters. The molecule has 1 rings (SSSR count). The predicted molar refractivity (Wildman–Crippen MR) is 89.2 cm³/mol. The second-order valence-electron chi connectivity index (χ2n) is 5.89. The zero-order valence-electron chi connectivity index (χ0n) is 13.0. The molecular weight excluding hydrogens is 293 g/mol. The standard InChI is InChI=1S/C15H23Cl2N3/c1-15(2,10-18-14(19(3)4)20(5)6)13-11(16)8-7-9-12(13)17/h7-9H,10H2,1-6H3. The average Bonchev–Trinajstić information content (AvgIpc) is 2.26. The highest BCUT2D eigenvalue weighted by Crippen LogP contribution is 2.35. The van der Waals surface area contributed by atoms with Crippen LogP contribution in [0.1, 0.15) is 19.4 Å². The summed E-state index contributed by atoms with van der Waals surface area (Å²) >= 11 is 12.6. The van der Waals surface area contributed by atoms with Gasteiger partial charge in [-0.15, -0.1) is 0 Å². The maximum absolute atomic E-state index is 6.30. The molecule has 0 saturated carbocycles. The topological polar surface area (TPSA) is 18.8 Å². The third kappa shape index (κ3) is 4.03. The van der Waals surface area contributed by atoms with Crippen LogP contribution in [0.25, 0.3) is 0 Å². The van der Waals surface area contributed by atoms with Gasteiger partial charge in [-0.3, -0.25) is 4.99 Å². The predicted octanol–water partition coefficient (Wildman–Crippen LogP) is 3.75. The fraction of sp³-hybridized carbons (Fsp3) is 0.533. The number of hydrogen-bond acceptors (Lipinski definition) is 1. The van der Waals surface area contributed by atoms with Gasteiger partial charge in [-0.1, -0.05) is 43.1 Å². The Morgan fingerprint density at radius 2 is 1.50 bits per heavy atom. The van der Waals surface area contributed by atoms with E-state index in [1.807, 2.05) is 56.2 Å². The number of hydrogen-bond donors (Lipinski definition) is 0. The Hall–Kier alpha value is -0.930. The van der Waals surface area contributed by atoms with Crippen molar-refractivity contribution in [1.82, 2.24) is 9.80 Å². The van der Waals surface area contributed by atoms with Crippen LogP contribution < -0.4 is 0 Å². The number of rotatable bonds is 3. The number of guanidine groups is 1. The highest BCUT2D eigenvalue weighted by atomic mass is 35.5. The Morgan fingerprint density at radius 3 is 1.90 bits per heavy atom. The summed E-state index contributed by atoms with van der Waals surface area (Å²) in [5, 5.41) is 1.38. The fourth-order valence-electron chi connectivity index (χ4n) is 2.17. The largest absolute Gasteiger partial charge is 0.349 e. The van der Waals surface area contributed by atoms with E-state index < -0.39 is 0 Å². The van der Waals surface area contributed by atoms with Gasteiger partial charge in [0.1, 0.15) is 0 Å². The van der Waals surface area contributed by atoms with Crippen LogP contribution in [0.2, 0.25) is 10.0 Å². The highest BCUT2D eigenvalue weighted by molar-refractivity contribution is 6.36. The van der Waals surface area contributed by atoms with Crippen LogP contribution in [0.5, 0.6) is 0 Å². The third-order valence-corrected chi connectivity index (χ3v) is 3.69. The van der Waals surface area contributed by atoms with Crippen LogP contribution in [0.15, 0.2) is 23.2 Å². The molecule has 112 valence electrons. The number of halogens is 2. The van der Waals surface area contributed by atoms with Gasteiger partial charge in [-0.2, -0.15) is 0 Å². The van der Waals surface area contributed by atoms with E-state index in [2.05, 4.69) is 13.8 Å². The normalized spacial score (nSPS) is 11.2. The highest BCUT2D eigenvalue weighted by Gasteiger charge is 2.26. The number of aliphatic imine (C=N–C) groups is 1. The Morgan fingerprint density at radius 1 is 1.05 bits per heavy atom. The van der Waals surface area contributed by atoms with Gasteiger partial charge in [0.25, 0.3) is 0 Å². The minimum Gasteiger partial charge on any atom is -0.349 e. The second-order valence-corrected chi connectivity index (χ2v) is 6.70. The van der Waals surface area contributed by atoms with Gasteiger partial charge in [0.15, 0.2) is 5.96 Å². The molecule has 0 heterocycles. The molecule has 0 aliphatic rings. The molecule has 0 saturated heterocycles. The lowest BCUT2D eigenvalue weighted by Gasteiger charge is -2.28. The summed E-state index contributed by atoms with van der Waals surface area (Å²) in [4.78, 5) is 8.68. The summed E-state index contributed by atoms with van der Waals surface area (Å²) in [5.74, 6) is 0.918. The molecule has 0 bridgehead atoms. The van der Waals surface area contributed by atoms with Crippen LogP contribution >= 0.6 is 23.2 Å². The maximum Gasteiger partial charge on any atom is 0.195 e. The van der Waals surface area contributed by atoms with Crippen molar-refractivity contribution in [2.24, 2.45) is 4.99 Å². The van der Waals surface area contributed by atoms with E-state index in [1.165, 1.54) is 0 Å². The quantitative estimate of drug-likeness (QED) is 0.625. The summed E-state index contributed by atoms with van der Waals surface area (Å²) in [5.41, 5.74) is 0.719. The Kier molecular flexibility index (Phi) is 5.72. The molecule has 1 aromatic carbocycles. The van der Waals surface area contributed by atoms with Crippen molar-refractivity contribution in [3.63, 3.8) is 0 Å². The molecule has 0 radical (unpaired) electrons. The van der Waals surface area contributed by atoms with Gasteiger partial charge in [0.2, 0.25) is 0 Å². The molecule has 0 aliphatic carbocycles. The molecule has 5 heteroatoms. The Labute approximate surface area is 132 Å². The molecule has 0 aromatic heterocycles. The third-order valence-electron chi connectivity index (χ3n) is 3.06. The van der Waals surface area contributed by atoms with Gasteiger partial charge in [-0.25, -0.2) is 0 Å². The van der Waals surface area contributed by atoms with Gasteiger partial charge >= 0.3 is 0 Å². The molecule has 0 fully saturated rings. The van der Waals surface area contributed by atoms with Gasteiger partial charge < -0.3 is 9.80 Å². The lowest BCUT2D eigenvalue weighted by Crippen LogP contribution is -2.37. The first kappa shape index (κ1) is 17.1. The van der Waals surface area contributed by atoms with E-state index in [1.54, 1.807) is 0 Å². The van der Waals surface area contributed by atoms with Crippen molar-refractivity contribution in [2.45, 2.75) is 19.3 Å². The summed E-state index contributed by atoms with van der Waals surface area (Å²) < 4.78 is 0. The smallest absolute Gasteiger partial charge is 0.195 e. The average molecular weight is 316 g/mol. The molecule has 0 N–H and O–H groups in total. The lowest BCUT2D eigenvalue weighted by atomic mass is 9.84. The molecule has 1 aromatic rings. The first-order chi connectivity index (χ1) is 9.16. The second kappa shape index (κ2) is 6.68. The SMILES string of the molecule is CN(C)C(=NCC(C)(C)c1c(Cl)cccc1Cl)N(C)C. The van der Waals surface area contributed by atoms with Crippen LogP contribution in [-0.4, -0.2) is 50.5 Å². The van der Waals surface area contributed by atoms with E-state index >= 15 is 0 Å². The molecule has 0 aliphatic heterocycles. The summed E-state index contributed by atoms with van der Waals surface area (Å²) in [6.07, 6.45) is 0. The maximum atomic E-state index is 6.30. The Balaban J connectivity index is 3.09. The number of nitrogens with zero attached hydrogens (tertiary/aromatic N) is 3. The summed E-state index contributed by atoms with van der Waals surface area (Å²) in [6, 6.07) is 5.60. The van der Waals surface area contributed by atoms with E-state index in [-0.39, 0.29) is 5.41 Å². The van der Waals surface area contributed by atoms with Gasteiger partial charge in [0.05, 0.1) is 6.54 Å². The fourth-order valence-corrected chi connectivity index (χ4v) is 3.08. The molecule has 20 heavy (non-hydrogen) atoms. The van der Waals surface area contributed by atoms with Crippen LogP contribution in [0.4, 0.5) is 0 Å². The van der Waals surface area contributed by atoms with Crippen LogP contribution in [0, 0.1) is 0 Å². The summed E-state index contributed by atoms with van der Waals surface area (Å²) in [6.45, 7) is 4.82. The van der Waals surface area contributed by atoms with Crippen molar-refractivity contribution < 1.29 is 0 Å². The molecule has 0 atom stereocenters. The van der Waals surface area contributed by atoms with Gasteiger partial charge in [0, 0.05) is 43.7 Å². The van der Waals surface area contributed by atoms with Crippen LogP contribution in [0.3, 0.4) is 0 Å². The first-order valence-corrected chi connectivity index (χ1v) is 7.26. The van der Waals surface area contributed by atoms with E-state index in [4.69, 9.17) is 28.2 Å². The van der Waals surface area contributed by atoms with Crippen molar-refractivity contribution in [1.29, 1.82) is 0 Å². The van der Waals surface area contributed by atoms with Crippen molar-refractivity contribution in [3.8, 4) is 0 Å². The molecule has 0 spiro atoms. The molecule has 3 nitrogen and oxygen atoms in total. The minimum atomic E-state index is -0.229. The van der Waals surface area contributed by atoms with E-state index in [9.17, 15) is 0 Å². The summed E-state index contributed by atoms with van der Waals surface area (Å²) in [7, 11) is 7.92. The van der Waals surface area contributed by atoms with E-state index in [0.717, 1.165) is 11.5 Å². The van der Waals surface area contributed by atoms with Crippen molar-refractivity contribution in [2.75, 3.05) is 34.7 Å². The monoisotopic (exact) mass is 315 g/mol. The number of benzene rings is 1. The van der Waals surface area contributed by atoms with Gasteiger partial charge in [-0.05, 0) is 17.7 Å². The van der Waals surface area contributed by atoms with E-state index in [0.29, 0.717) is 16.6 Å². The zero-order chi connectivity index (χ0) is 15.5. The lowest BCUT2D eigenvalue weighted by molar-refractivity contribution is 0.465. The van der Waals surface area contributed by atoms with Crippen molar-refractivity contribution >= 4 is 29.2 Å². The minimum absolute atomic E-state index is 0.229.